The van der Waals surface area contributed by atoms with Gasteiger partial charge in [0.25, 0.3) is 0 Å². The van der Waals surface area contributed by atoms with Gasteiger partial charge in [-0.05, 0) is 31.7 Å². The Bertz CT molecular complexity index is 590. The minimum atomic E-state index is -0.344. The molecule has 0 spiro atoms. The van der Waals surface area contributed by atoms with Crippen LogP contribution in [0.5, 0.6) is 0 Å². The number of carbonyl (C=O) groups excluding carboxylic acids is 2. The quantitative estimate of drug-likeness (QED) is 0.393. The van der Waals surface area contributed by atoms with Gasteiger partial charge in [-0.25, -0.2) is 9.59 Å². The molecule has 1 rings (SSSR count). The van der Waals surface area contributed by atoms with Gasteiger partial charge < -0.3 is 9.47 Å². The third kappa shape index (κ3) is 12.6. The molecule has 4 nitrogen and oxygen atoms in total. The lowest BCUT2D eigenvalue weighted by Gasteiger charge is -2.14. The van der Waals surface area contributed by atoms with E-state index in [9.17, 15) is 9.59 Å². The topological polar surface area (TPSA) is 52.6 Å². The first-order chi connectivity index (χ1) is 12.8. The largest absolute Gasteiger partial charge is 0.462 e. The molecule has 0 aliphatic carbocycles. The minimum absolute atomic E-state index is 0.264. The van der Waals surface area contributed by atoms with Gasteiger partial charge in [0.05, 0.1) is 6.61 Å². The lowest BCUT2D eigenvalue weighted by atomic mass is 10.0. The summed E-state index contributed by atoms with van der Waals surface area (Å²) in [5.74, 6) is -0.0953. The van der Waals surface area contributed by atoms with E-state index in [1.807, 2.05) is 30.3 Å². The Hall–Kier alpha value is -2.36. The van der Waals surface area contributed by atoms with Crippen molar-refractivity contribution in [2.75, 3.05) is 6.61 Å². The van der Waals surface area contributed by atoms with Gasteiger partial charge in [-0.2, -0.15) is 0 Å². The molecule has 0 saturated carbocycles. The van der Waals surface area contributed by atoms with Gasteiger partial charge in [0.2, 0.25) is 0 Å². The highest BCUT2D eigenvalue weighted by Crippen LogP contribution is 2.13. The second-order valence-electron chi connectivity index (χ2n) is 6.64. The van der Waals surface area contributed by atoms with Gasteiger partial charge in [-0.3, -0.25) is 0 Å². The van der Waals surface area contributed by atoms with Crippen LogP contribution in [0, 0.1) is 5.92 Å². The van der Waals surface area contributed by atoms with Crippen LogP contribution in [-0.4, -0.2) is 18.5 Å². The summed E-state index contributed by atoms with van der Waals surface area (Å²) in [5.41, 5.74) is 1.89. The number of carbonyl (C=O) groups is 2. The van der Waals surface area contributed by atoms with E-state index in [1.165, 1.54) is 12.8 Å². The van der Waals surface area contributed by atoms with Crippen LogP contribution < -0.4 is 0 Å². The average Bonchev–Trinajstić information content (AvgIpc) is 2.67. The zero-order valence-corrected chi connectivity index (χ0v) is 17.3. The van der Waals surface area contributed by atoms with Crippen LogP contribution in [0.2, 0.25) is 0 Å². The van der Waals surface area contributed by atoms with E-state index >= 15 is 0 Å². The van der Waals surface area contributed by atoms with Crippen LogP contribution in [0.25, 0.3) is 0 Å². The Morgan fingerprint density at radius 1 is 0.963 bits per heavy atom. The molecule has 0 N–H and O–H groups in total. The van der Waals surface area contributed by atoms with Crippen LogP contribution in [0.15, 0.2) is 54.6 Å². The first kappa shape index (κ1) is 24.6. The van der Waals surface area contributed by atoms with E-state index in [2.05, 4.69) is 27.0 Å². The fourth-order valence-corrected chi connectivity index (χ4v) is 2.06. The van der Waals surface area contributed by atoms with Gasteiger partial charge in [-0.15, -0.1) is 0 Å². The summed E-state index contributed by atoms with van der Waals surface area (Å²) in [5, 5.41) is 0. The zero-order valence-electron chi connectivity index (χ0n) is 17.3. The Kier molecular flexibility index (Phi) is 13.5. The van der Waals surface area contributed by atoms with Crippen molar-refractivity contribution in [3.05, 3.63) is 60.2 Å². The average molecular weight is 375 g/mol. The summed E-state index contributed by atoms with van der Waals surface area (Å²) in [6, 6.07) is 9.55. The lowest BCUT2D eigenvalue weighted by molar-refractivity contribution is -0.141. The molecule has 27 heavy (non-hydrogen) atoms. The number of hydrogen-bond donors (Lipinski definition) is 0. The molecule has 0 bridgehead atoms. The molecule has 4 heteroatoms. The summed E-state index contributed by atoms with van der Waals surface area (Å²) in [7, 11) is 0. The number of hydrogen-bond acceptors (Lipinski definition) is 4. The maximum atomic E-state index is 11.1. The van der Waals surface area contributed by atoms with E-state index < -0.39 is 0 Å². The van der Waals surface area contributed by atoms with E-state index in [-0.39, 0.29) is 11.9 Å². The van der Waals surface area contributed by atoms with Crippen LogP contribution >= 0.6 is 0 Å². The van der Waals surface area contributed by atoms with Crippen molar-refractivity contribution < 1.29 is 19.1 Å². The van der Waals surface area contributed by atoms with Crippen LogP contribution in [-0.2, 0) is 25.7 Å². The zero-order chi connectivity index (χ0) is 20.7. The van der Waals surface area contributed by atoms with Crippen LogP contribution in [0.4, 0.5) is 0 Å². The highest BCUT2D eigenvalue weighted by Gasteiger charge is 2.09. The predicted molar refractivity (Wildman–Crippen MR) is 110 cm³/mol. The second kappa shape index (κ2) is 14.8. The van der Waals surface area contributed by atoms with E-state index in [0.29, 0.717) is 30.3 Å². The third-order valence-electron chi connectivity index (χ3n) is 3.90. The molecule has 0 saturated heterocycles. The highest BCUT2D eigenvalue weighted by molar-refractivity contribution is 5.87. The predicted octanol–water partition coefficient (Wildman–Crippen LogP) is 5.63. The van der Waals surface area contributed by atoms with E-state index in [4.69, 9.17) is 9.47 Å². The fraction of sp³-hybridized carbons (Fsp3) is 0.478. The Morgan fingerprint density at radius 3 is 2.00 bits per heavy atom. The monoisotopic (exact) mass is 374 g/mol. The molecule has 150 valence electrons. The van der Waals surface area contributed by atoms with Gasteiger partial charge in [0.1, 0.15) is 6.61 Å². The smallest absolute Gasteiger partial charge is 0.333 e. The minimum Gasteiger partial charge on any atom is -0.462 e. The molecule has 0 heterocycles. The van der Waals surface area contributed by atoms with E-state index in [0.717, 1.165) is 18.4 Å². The Morgan fingerprint density at radius 2 is 1.52 bits per heavy atom. The molecule has 1 atom stereocenters. The Labute approximate surface area is 164 Å². The first-order valence-corrected chi connectivity index (χ1v) is 9.50. The number of ether oxygens (including phenoxy) is 2. The van der Waals surface area contributed by atoms with Crippen molar-refractivity contribution in [1.29, 1.82) is 0 Å². The van der Waals surface area contributed by atoms with Crippen molar-refractivity contribution >= 4 is 11.9 Å². The molecule has 0 radical (unpaired) electrons. The molecule has 0 amide bonds. The summed E-state index contributed by atoms with van der Waals surface area (Å²) in [6.45, 7) is 15.5. The SMILES string of the molecule is C=C(C)C(=O)OCC(CC)CCCC.C=C(C)C(=O)OCc1ccccc1. The lowest BCUT2D eigenvalue weighted by Crippen LogP contribution is -2.14. The maximum Gasteiger partial charge on any atom is 0.333 e. The van der Waals surface area contributed by atoms with Crippen LogP contribution in [0.1, 0.15) is 58.9 Å². The van der Waals surface area contributed by atoms with Crippen molar-refractivity contribution in [3.63, 3.8) is 0 Å². The van der Waals surface area contributed by atoms with Crippen molar-refractivity contribution in [3.8, 4) is 0 Å². The van der Waals surface area contributed by atoms with Gasteiger partial charge in [-0.1, -0.05) is 76.6 Å². The first-order valence-electron chi connectivity index (χ1n) is 9.50. The standard InChI is InChI=1S/C12H22O2.C11H12O2/c1-5-7-8-11(6-2)9-14-12(13)10(3)4;1-9(2)11(12)13-8-10-6-4-3-5-7-10/h11H,3,5-9H2,1-2,4H3;3-7H,1,8H2,2H3. The molecule has 1 aromatic rings. The van der Waals surface area contributed by atoms with Crippen molar-refractivity contribution in [2.45, 2.75) is 60.0 Å². The fourth-order valence-electron chi connectivity index (χ4n) is 2.06. The number of rotatable bonds is 10. The summed E-state index contributed by atoms with van der Waals surface area (Å²) in [6.07, 6.45) is 4.63. The summed E-state index contributed by atoms with van der Waals surface area (Å²) in [4.78, 5) is 22.1. The molecule has 1 unspecified atom stereocenters. The molecular formula is C23H34O4. The maximum absolute atomic E-state index is 11.1. The number of unbranched alkanes of at least 4 members (excludes halogenated alkanes) is 1. The molecule has 0 aromatic heterocycles. The van der Waals surface area contributed by atoms with Crippen molar-refractivity contribution in [1.82, 2.24) is 0 Å². The second-order valence-corrected chi connectivity index (χ2v) is 6.64. The summed E-state index contributed by atoms with van der Waals surface area (Å²) >= 11 is 0. The molecule has 0 fully saturated rings. The van der Waals surface area contributed by atoms with Crippen LogP contribution in [0.3, 0.4) is 0 Å². The Balaban J connectivity index is 0.000000501. The molecule has 0 aliphatic rings. The van der Waals surface area contributed by atoms with Gasteiger partial charge in [0, 0.05) is 11.1 Å². The van der Waals surface area contributed by atoms with Gasteiger partial charge in [0.15, 0.2) is 0 Å². The molecule has 0 aliphatic heterocycles. The van der Waals surface area contributed by atoms with E-state index in [1.54, 1.807) is 13.8 Å². The normalized spacial score (nSPS) is 10.8. The number of benzene rings is 1. The highest BCUT2D eigenvalue weighted by atomic mass is 16.5. The molecular weight excluding hydrogens is 340 g/mol. The van der Waals surface area contributed by atoms with Crippen molar-refractivity contribution in [2.24, 2.45) is 5.92 Å². The molecule has 1 aromatic carbocycles. The summed E-state index contributed by atoms with van der Waals surface area (Å²) < 4.78 is 10.1. The third-order valence-corrected chi connectivity index (χ3v) is 3.90. The van der Waals surface area contributed by atoms with Gasteiger partial charge >= 0.3 is 11.9 Å². The number of esters is 2.